The van der Waals surface area contributed by atoms with Gasteiger partial charge in [0.2, 0.25) is 0 Å². The van der Waals surface area contributed by atoms with E-state index in [1.165, 1.54) is 64.2 Å². The normalized spacial score (nSPS) is 13.6. The van der Waals surface area contributed by atoms with Crippen LogP contribution in [0.25, 0.3) is 0 Å². The second kappa shape index (κ2) is 31.2. The van der Waals surface area contributed by atoms with Gasteiger partial charge in [0.15, 0.2) is 0 Å². The monoisotopic (exact) mass is 673 g/mol. The Morgan fingerprint density at radius 1 is 0.442 bits per heavy atom. The zero-order valence-electron chi connectivity index (χ0n) is 26.9. The maximum atomic E-state index is 11.2. The van der Waals surface area contributed by atoms with E-state index in [0.29, 0.717) is 13.2 Å². The van der Waals surface area contributed by atoms with E-state index in [4.69, 9.17) is 28.1 Å². The minimum atomic E-state index is -4.69. The van der Waals surface area contributed by atoms with Crippen molar-refractivity contribution in [2.24, 2.45) is 0 Å². The molecule has 0 aromatic carbocycles. The summed E-state index contributed by atoms with van der Waals surface area (Å²) < 4.78 is 93.7. The van der Waals surface area contributed by atoms with Crippen LogP contribution in [0.2, 0.25) is 0 Å². The van der Waals surface area contributed by atoms with E-state index in [1.807, 2.05) is 0 Å². The van der Waals surface area contributed by atoms with E-state index in [1.54, 1.807) is 0 Å². The average Bonchev–Trinajstić information content (AvgIpc) is 2.90. The van der Waals surface area contributed by atoms with Gasteiger partial charge in [-0.3, -0.25) is 9.11 Å². The van der Waals surface area contributed by atoms with E-state index in [0.717, 1.165) is 38.5 Å². The Morgan fingerprint density at radius 2 is 0.698 bits per heavy atom. The summed E-state index contributed by atoms with van der Waals surface area (Å²) in [5, 5.41) is 0. The number of unbranched alkanes of at least 4 members (excludes halogenated alkanes) is 14. The predicted molar refractivity (Wildman–Crippen MR) is 161 cm³/mol. The summed E-state index contributed by atoms with van der Waals surface area (Å²) in [4.78, 5) is 0. The van der Waals surface area contributed by atoms with Gasteiger partial charge in [-0.2, -0.15) is 16.8 Å². The SMILES string of the molecule is CCCCCCCCCCOCC(COCCOCC(COCCCCCCCCCC)OS(=O)(=O)O)OS(=O)(=O)O.[Na+]. The summed E-state index contributed by atoms with van der Waals surface area (Å²) in [7, 11) is -9.37. The van der Waals surface area contributed by atoms with Crippen molar-refractivity contribution >= 4 is 20.8 Å². The van der Waals surface area contributed by atoms with Crippen LogP contribution in [-0.2, 0) is 48.1 Å². The summed E-state index contributed by atoms with van der Waals surface area (Å²) in [5.41, 5.74) is 0. The molecule has 0 aliphatic heterocycles. The minimum absolute atomic E-state index is 0. The van der Waals surface area contributed by atoms with Crippen molar-refractivity contribution in [2.75, 3.05) is 52.9 Å². The second-order valence-electron chi connectivity index (χ2n) is 10.5. The molecule has 0 aromatic heterocycles. The van der Waals surface area contributed by atoms with Crippen LogP contribution in [-0.4, -0.2) is 91.0 Å². The van der Waals surface area contributed by atoms with Crippen LogP contribution >= 0.6 is 0 Å². The summed E-state index contributed by atoms with van der Waals surface area (Å²) in [6.45, 7) is 4.83. The molecule has 0 aromatic rings. The standard InChI is InChI=1S/C28H58O12S2.Na/c1-3-5-7-9-11-13-15-17-19-35-23-27(39-41(29,30)31)25-37-21-22-38-26-28(40-42(32,33)34)24-36-20-18-16-14-12-10-8-6-4-2;/h27-28H,3-26H2,1-2H3,(H,29,30,31)(H,32,33,34);/q;+1. The second-order valence-corrected chi connectivity index (χ2v) is 12.6. The van der Waals surface area contributed by atoms with E-state index < -0.39 is 33.0 Å². The molecule has 0 fully saturated rings. The first-order valence-corrected chi connectivity index (χ1v) is 18.4. The molecule has 0 rings (SSSR count). The summed E-state index contributed by atoms with van der Waals surface area (Å²) >= 11 is 0. The summed E-state index contributed by atoms with van der Waals surface area (Å²) in [6, 6.07) is 0. The van der Waals surface area contributed by atoms with Gasteiger partial charge in [-0.25, -0.2) is 8.37 Å². The topological polar surface area (TPSA) is 164 Å². The van der Waals surface area contributed by atoms with Crippen molar-refractivity contribution in [2.45, 2.75) is 129 Å². The molecule has 0 saturated carbocycles. The Bertz CT molecular complexity index is 734. The van der Waals surface area contributed by atoms with Gasteiger partial charge in [0.1, 0.15) is 12.2 Å². The average molecular weight is 674 g/mol. The van der Waals surface area contributed by atoms with Crippen LogP contribution in [0.5, 0.6) is 0 Å². The fraction of sp³-hybridized carbons (Fsp3) is 1.00. The smallest absolute Gasteiger partial charge is 0.379 e. The molecule has 0 radical (unpaired) electrons. The Balaban J connectivity index is 0. The van der Waals surface area contributed by atoms with E-state index in [2.05, 4.69) is 22.2 Å². The molecule has 0 saturated heterocycles. The molecular formula is C28H58NaO12S2+. The van der Waals surface area contributed by atoms with Crippen LogP contribution in [0, 0.1) is 0 Å². The number of hydrogen-bond donors (Lipinski definition) is 2. The molecular weight excluding hydrogens is 615 g/mol. The van der Waals surface area contributed by atoms with Crippen LogP contribution in [0.3, 0.4) is 0 Å². The first-order valence-electron chi connectivity index (χ1n) is 15.7. The van der Waals surface area contributed by atoms with Gasteiger partial charge in [-0.05, 0) is 12.8 Å². The first kappa shape index (κ1) is 45.7. The Morgan fingerprint density at radius 3 is 0.977 bits per heavy atom. The van der Waals surface area contributed by atoms with Gasteiger partial charge in [-0.15, -0.1) is 0 Å². The molecule has 0 aliphatic carbocycles. The Kier molecular flexibility index (Phi) is 33.2. The van der Waals surface area contributed by atoms with Crippen molar-refractivity contribution < 1.29 is 82.8 Å². The molecule has 43 heavy (non-hydrogen) atoms. The molecule has 2 N–H and O–H groups in total. The van der Waals surface area contributed by atoms with Crippen molar-refractivity contribution in [1.29, 1.82) is 0 Å². The summed E-state index contributed by atoms with van der Waals surface area (Å²) in [5.74, 6) is 0. The van der Waals surface area contributed by atoms with Crippen LogP contribution in [0.15, 0.2) is 0 Å². The third kappa shape index (κ3) is 36.9. The molecule has 0 spiro atoms. The molecule has 0 aliphatic rings. The fourth-order valence-corrected chi connectivity index (χ4v) is 5.11. The van der Waals surface area contributed by atoms with Crippen LogP contribution in [0.1, 0.15) is 117 Å². The van der Waals surface area contributed by atoms with Gasteiger partial charge in [0, 0.05) is 13.2 Å². The third-order valence-electron chi connectivity index (χ3n) is 6.39. The number of rotatable bonds is 33. The molecule has 2 atom stereocenters. The largest absolute Gasteiger partial charge is 1.00 e. The zero-order chi connectivity index (χ0) is 31.4. The van der Waals surface area contributed by atoms with Crippen molar-refractivity contribution in [3.63, 3.8) is 0 Å². The number of ether oxygens (including phenoxy) is 4. The molecule has 12 nitrogen and oxygen atoms in total. The van der Waals surface area contributed by atoms with Gasteiger partial charge < -0.3 is 18.9 Å². The van der Waals surface area contributed by atoms with Gasteiger partial charge in [0.25, 0.3) is 0 Å². The Hall–Kier alpha value is 0.580. The summed E-state index contributed by atoms with van der Waals surface area (Å²) in [6.07, 6.45) is 16.3. The first-order chi connectivity index (χ1) is 20.1. The van der Waals surface area contributed by atoms with Gasteiger partial charge in [0.05, 0.1) is 39.6 Å². The zero-order valence-corrected chi connectivity index (χ0v) is 30.6. The quantitative estimate of drug-likeness (QED) is 0.0596. The molecule has 0 amide bonds. The van der Waals surface area contributed by atoms with Gasteiger partial charge >= 0.3 is 50.4 Å². The van der Waals surface area contributed by atoms with Crippen molar-refractivity contribution in [3.8, 4) is 0 Å². The van der Waals surface area contributed by atoms with E-state index in [9.17, 15) is 16.8 Å². The third-order valence-corrected chi connectivity index (χ3v) is 7.42. The Labute approximate surface area is 283 Å². The van der Waals surface area contributed by atoms with Gasteiger partial charge in [-0.1, -0.05) is 104 Å². The number of hydrogen-bond acceptors (Lipinski definition) is 10. The van der Waals surface area contributed by atoms with Crippen LogP contribution < -0.4 is 29.6 Å². The van der Waals surface area contributed by atoms with Crippen LogP contribution in [0.4, 0.5) is 0 Å². The maximum absolute atomic E-state index is 11.2. The maximum Gasteiger partial charge on any atom is 1.00 e. The van der Waals surface area contributed by atoms with E-state index in [-0.39, 0.29) is 69.2 Å². The molecule has 15 heteroatoms. The molecule has 254 valence electrons. The minimum Gasteiger partial charge on any atom is -0.379 e. The molecule has 2 unspecified atom stereocenters. The van der Waals surface area contributed by atoms with Crippen molar-refractivity contribution in [3.05, 3.63) is 0 Å². The van der Waals surface area contributed by atoms with E-state index >= 15 is 0 Å². The molecule has 0 heterocycles. The predicted octanol–water partition coefficient (Wildman–Crippen LogP) is 2.71. The van der Waals surface area contributed by atoms with Crippen molar-refractivity contribution in [1.82, 2.24) is 0 Å². The molecule has 0 bridgehead atoms. The fourth-order valence-electron chi connectivity index (χ4n) is 4.20.